The minimum atomic E-state index is -1.52. The molecule has 0 aliphatic carbocycles. The lowest BCUT2D eigenvalue weighted by atomic mass is 10.2. The number of carbonyl (C=O) groups excluding carboxylic acids is 1. The first kappa shape index (κ1) is 16.0. The highest BCUT2D eigenvalue weighted by atomic mass is 35.5. The summed E-state index contributed by atoms with van der Waals surface area (Å²) in [5, 5.41) is 2.49. The van der Waals surface area contributed by atoms with Crippen LogP contribution in [-0.2, 0) is 15.6 Å². The molecule has 0 bridgehead atoms. The van der Waals surface area contributed by atoms with Gasteiger partial charge in [-0.15, -0.1) is 0 Å². The number of benzene rings is 1. The topological polar surface area (TPSA) is 72.2 Å². The second-order valence-corrected chi connectivity index (χ2v) is 6.60. The van der Waals surface area contributed by atoms with Crippen LogP contribution < -0.4 is 11.1 Å². The molecule has 0 saturated carbocycles. The lowest BCUT2D eigenvalue weighted by Gasteiger charge is -2.16. The van der Waals surface area contributed by atoms with Crippen LogP contribution in [0.5, 0.6) is 0 Å². The molecular formula is C13H19ClN2O2S. The Bertz CT molecular complexity index is 494. The van der Waals surface area contributed by atoms with E-state index in [-0.39, 0.29) is 11.9 Å². The number of rotatable bonds is 5. The fourth-order valence-electron chi connectivity index (χ4n) is 1.42. The minimum Gasteiger partial charge on any atom is -0.399 e. The zero-order valence-electron chi connectivity index (χ0n) is 11.3. The fraction of sp³-hybridized carbons (Fsp3) is 0.462. The highest BCUT2D eigenvalue weighted by Crippen LogP contribution is 2.24. The lowest BCUT2D eigenvalue weighted by molar-refractivity contribution is -0.120. The summed E-state index contributed by atoms with van der Waals surface area (Å²) in [6.45, 7) is 5.50. The number of nitrogens with two attached hydrogens (primary N) is 1. The van der Waals surface area contributed by atoms with Crippen LogP contribution in [0.2, 0.25) is 5.02 Å². The molecular weight excluding hydrogens is 284 g/mol. The first-order valence-electron chi connectivity index (χ1n) is 6.12. The van der Waals surface area contributed by atoms with Crippen LogP contribution in [0, 0.1) is 0 Å². The van der Waals surface area contributed by atoms with Crippen molar-refractivity contribution in [3.8, 4) is 0 Å². The summed E-state index contributed by atoms with van der Waals surface area (Å²) >= 11 is 5.99. The first-order chi connectivity index (χ1) is 8.86. The zero-order valence-corrected chi connectivity index (χ0v) is 12.8. The number of anilines is 1. The van der Waals surface area contributed by atoms with Crippen molar-refractivity contribution in [1.82, 2.24) is 5.32 Å². The number of hydrogen-bond donors (Lipinski definition) is 2. The molecule has 0 aromatic heterocycles. The van der Waals surface area contributed by atoms with Gasteiger partial charge in [0.2, 0.25) is 5.91 Å². The van der Waals surface area contributed by atoms with Gasteiger partial charge in [-0.1, -0.05) is 18.5 Å². The third-order valence-electron chi connectivity index (χ3n) is 2.86. The Morgan fingerprint density at radius 3 is 2.68 bits per heavy atom. The number of nitrogens with one attached hydrogen (secondary N) is 1. The molecule has 1 aromatic rings. The molecule has 4 nitrogen and oxygen atoms in total. The molecule has 3 atom stereocenters. The molecule has 3 N–H and O–H groups in total. The fourth-order valence-corrected chi connectivity index (χ4v) is 2.93. The van der Waals surface area contributed by atoms with Crippen LogP contribution in [0.3, 0.4) is 0 Å². The Morgan fingerprint density at radius 2 is 2.11 bits per heavy atom. The molecule has 1 amide bonds. The predicted octanol–water partition coefficient (Wildman–Crippen LogP) is 2.33. The van der Waals surface area contributed by atoms with Crippen LogP contribution in [0.25, 0.3) is 0 Å². The Balaban J connectivity index is 2.87. The van der Waals surface area contributed by atoms with Gasteiger partial charge in [0.15, 0.2) is 0 Å². The van der Waals surface area contributed by atoms with Crippen molar-refractivity contribution in [1.29, 1.82) is 0 Å². The first-order valence-corrected chi connectivity index (χ1v) is 7.71. The Labute approximate surface area is 121 Å². The van der Waals surface area contributed by atoms with Gasteiger partial charge in [0.05, 0.1) is 20.7 Å². The maximum absolute atomic E-state index is 12.3. The Kier molecular flexibility index (Phi) is 5.82. The SMILES string of the molecule is CCC(C)NC(=O)C(C)S(=O)c1cc(N)ccc1Cl. The smallest absolute Gasteiger partial charge is 0.236 e. The summed E-state index contributed by atoms with van der Waals surface area (Å²) in [4.78, 5) is 12.3. The lowest BCUT2D eigenvalue weighted by Crippen LogP contribution is -2.40. The summed E-state index contributed by atoms with van der Waals surface area (Å²) in [6, 6.07) is 4.82. The van der Waals surface area contributed by atoms with E-state index in [0.29, 0.717) is 15.6 Å². The van der Waals surface area contributed by atoms with E-state index in [4.69, 9.17) is 17.3 Å². The average molecular weight is 303 g/mol. The molecule has 6 heteroatoms. The normalized spacial score (nSPS) is 15.6. The quantitative estimate of drug-likeness (QED) is 0.820. The van der Waals surface area contributed by atoms with Crippen molar-refractivity contribution in [2.75, 3.05) is 5.73 Å². The van der Waals surface area contributed by atoms with Gasteiger partial charge in [0.1, 0.15) is 5.25 Å². The number of carbonyl (C=O) groups is 1. The van der Waals surface area contributed by atoms with Crippen LogP contribution in [-0.4, -0.2) is 21.4 Å². The van der Waals surface area contributed by atoms with Gasteiger partial charge in [-0.2, -0.15) is 0 Å². The zero-order chi connectivity index (χ0) is 14.6. The summed E-state index contributed by atoms with van der Waals surface area (Å²) in [6.07, 6.45) is 0.824. The second kappa shape index (κ2) is 6.91. The third-order valence-corrected chi connectivity index (χ3v) is 4.93. The molecule has 19 heavy (non-hydrogen) atoms. The summed E-state index contributed by atoms with van der Waals surface area (Å²) in [7, 11) is -1.52. The number of hydrogen-bond acceptors (Lipinski definition) is 3. The molecule has 0 heterocycles. The molecule has 0 fully saturated rings. The van der Waals surface area contributed by atoms with Gasteiger partial charge in [0.25, 0.3) is 0 Å². The number of amides is 1. The predicted molar refractivity (Wildman–Crippen MR) is 79.6 cm³/mol. The third kappa shape index (κ3) is 4.21. The number of nitrogen functional groups attached to an aromatic ring is 1. The van der Waals surface area contributed by atoms with Gasteiger partial charge >= 0.3 is 0 Å². The van der Waals surface area contributed by atoms with Crippen molar-refractivity contribution in [3.63, 3.8) is 0 Å². The highest BCUT2D eigenvalue weighted by Gasteiger charge is 2.24. The maximum Gasteiger partial charge on any atom is 0.236 e. The van der Waals surface area contributed by atoms with Crippen LogP contribution in [0.15, 0.2) is 23.1 Å². The largest absolute Gasteiger partial charge is 0.399 e. The van der Waals surface area contributed by atoms with Crippen molar-refractivity contribution in [3.05, 3.63) is 23.2 Å². The molecule has 0 radical (unpaired) electrons. The molecule has 0 aliphatic rings. The Hall–Kier alpha value is -1.07. The number of halogens is 1. The van der Waals surface area contributed by atoms with Crippen LogP contribution in [0.4, 0.5) is 5.69 Å². The Morgan fingerprint density at radius 1 is 1.47 bits per heavy atom. The van der Waals surface area contributed by atoms with E-state index in [1.54, 1.807) is 25.1 Å². The van der Waals surface area contributed by atoms with Crippen LogP contribution in [0.1, 0.15) is 27.2 Å². The molecule has 106 valence electrons. The van der Waals surface area contributed by atoms with Gasteiger partial charge in [-0.3, -0.25) is 9.00 Å². The molecule has 1 aromatic carbocycles. The average Bonchev–Trinajstić information content (AvgIpc) is 2.39. The van der Waals surface area contributed by atoms with E-state index in [1.165, 1.54) is 0 Å². The molecule has 1 rings (SSSR count). The molecule has 3 unspecified atom stereocenters. The van der Waals surface area contributed by atoms with Crippen molar-refractivity contribution in [2.24, 2.45) is 0 Å². The van der Waals surface area contributed by atoms with E-state index in [1.807, 2.05) is 13.8 Å². The van der Waals surface area contributed by atoms with Gasteiger partial charge in [-0.05, 0) is 38.5 Å². The van der Waals surface area contributed by atoms with E-state index in [2.05, 4.69) is 5.32 Å². The minimum absolute atomic E-state index is 0.0586. The van der Waals surface area contributed by atoms with Gasteiger partial charge in [-0.25, -0.2) is 0 Å². The van der Waals surface area contributed by atoms with Gasteiger partial charge < -0.3 is 11.1 Å². The molecule has 0 saturated heterocycles. The van der Waals surface area contributed by atoms with E-state index >= 15 is 0 Å². The van der Waals surface area contributed by atoms with Crippen molar-refractivity contribution >= 4 is 34.0 Å². The molecule has 0 aliphatic heterocycles. The van der Waals surface area contributed by atoms with Crippen LogP contribution >= 0.6 is 11.6 Å². The van der Waals surface area contributed by atoms with Gasteiger partial charge in [0, 0.05) is 11.7 Å². The van der Waals surface area contributed by atoms with E-state index in [0.717, 1.165) is 6.42 Å². The summed E-state index contributed by atoms with van der Waals surface area (Å²) in [5.41, 5.74) is 6.12. The van der Waals surface area contributed by atoms with Crippen molar-refractivity contribution in [2.45, 2.75) is 43.4 Å². The summed E-state index contributed by atoms with van der Waals surface area (Å²) < 4.78 is 12.3. The summed E-state index contributed by atoms with van der Waals surface area (Å²) in [5.74, 6) is -0.244. The molecule has 0 spiro atoms. The maximum atomic E-state index is 12.3. The standard InChI is InChI=1S/C13H19ClN2O2S/c1-4-8(2)16-13(17)9(3)19(18)12-7-10(15)5-6-11(12)14/h5-9H,4,15H2,1-3H3,(H,16,17). The van der Waals surface area contributed by atoms with E-state index in [9.17, 15) is 9.00 Å². The van der Waals surface area contributed by atoms with Crippen molar-refractivity contribution < 1.29 is 9.00 Å². The highest BCUT2D eigenvalue weighted by molar-refractivity contribution is 7.86. The van der Waals surface area contributed by atoms with E-state index < -0.39 is 16.0 Å². The monoisotopic (exact) mass is 302 g/mol. The second-order valence-electron chi connectivity index (χ2n) is 4.45.